The largest absolute Gasteiger partial charge is 0.481 e. The van der Waals surface area contributed by atoms with Gasteiger partial charge in [0.2, 0.25) is 5.91 Å². The third-order valence-electron chi connectivity index (χ3n) is 4.86. The molecule has 2 atom stereocenters. The summed E-state index contributed by atoms with van der Waals surface area (Å²) in [6, 6.07) is 8.08. The number of aromatic amines is 1. The van der Waals surface area contributed by atoms with Crippen molar-refractivity contribution in [2.75, 3.05) is 13.1 Å². The second-order valence-corrected chi connectivity index (χ2v) is 6.41. The van der Waals surface area contributed by atoms with Crippen LogP contribution in [0.4, 0.5) is 0 Å². The number of amides is 1. The second-order valence-electron chi connectivity index (χ2n) is 6.41. The highest BCUT2D eigenvalue weighted by atomic mass is 16.4. The Morgan fingerprint density at radius 2 is 2.13 bits per heavy atom. The molecule has 1 aliphatic rings. The van der Waals surface area contributed by atoms with Crippen molar-refractivity contribution in [2.24, 2.45) is 11.8 Å². The molecule has 1 amide bonds. The first-order valence-electron chi connectivity index (χ1n) is 8.12. The van der Waals surface area contributed by atoms with E-state index in [0.29, 0.717) is 32.4 Å². The number of fused-ring (bicyclic) bond motifs is 1. The molecule has 2 unspecified atom stereocenters. The highest BCUT2D eigenvalue weighted by Gasteiger charge is 2.32. The number of carbonyl (C=O) groups excluding carboxylic acids is 1. The molecule has 5 nitrogen and oxygen atoms in total. The molecular weight excluding hydrogens is 292 g/mol. The lowest BCUT2D eigenvalue weighted by molar-refractivity contribution is -0.148. The number of aromatic nitrogens is 1. The highest BCUT2D eigenvalue weighted by Crippen LogP contribution is 2.25. The average molecular weight is 314 g/mol. The van der Waals surface area contributed by atoms with Crippen LogP contribution in [0.3, 0.4) is 0 Å². The van der Waals surface area contributed by atoms with Crippen LogP contribution in [0.5, 0.6) is 0 Å². The van der Waals surface area contributed by atoms with Gasteiger partial charge in [0.15, 0.2) is 0 Å². The lowest BCUT2D eigenvalue weighted by Gasteiger charge is -2.35. The Morgan fingerprint density at radius 3 is 2.87 bits per heavy atom. The fraction of sp³-hybridized carbons (Fsp3) is 0.444. The smallest absolute Gasteiger partial charge is 0.306 e. The number of rotatable bonds is 4. The molecule has 0 spiro atoms. The van der Waals surface area contributed by atoms with Crippen molar-refractivity contribution in [3.8, 4) is 0 Å². The van der Waals surface area contributed by atoms with Crippen molar-refractivity contribution in [1.29, 1.82) is 0 Å². The van der Waals surface area contributed by atoms with Crippen LogP contribution in [-0.2, 0) is 16.0 Å². The molecule has 122 valence electrons. The van der Waals surface area contributed by atoms with E-state index in [-0.39, 0.29) is 17.7 Å². The summed E-state index contributed by atoms with van der Waals surface area (Å²) in [6.45, 7) is 3.01. The van der Waals surface area contributed by atoms with Crippen LogP contribution in [0.15, 0.2) is 30.5 Å². The van der Waals surface area contributed by atoms with Crippen molar-refractivity contribution in [3.05, 3.63) is 36.0 Å². The fourth-order valence-corrected chi connectivity index (χ4v) is 3.48. The van der Waals surface area contributed by atoms with Gasteiger partial charge in [0, 0.05) is 36.6 Å². The number of carbonyl (C=O) groups is 2. The third-order valence-corrected chi connectivity index (χ3v) is 4.86. The Bertz CT molecular complexity index is 722. The maximum Gasteiger partial charge on any atom is 0.306 e. The normalized spacial score (nSPS) is 21.5. The lowest BCUT2D eigenvalue weighted by atomic mass is 9.87. The molecule has 2 N–H and O–H groups in total. The van der Waals surface area contributed by atoms with Crippen molar-refractivity contribution in [1.82, 2.24) is 9.88 Å². The van der Waals surface area contributed by atoms with E-state index in [1.807, 2.05) is 36.2 Å². The molecule has 0 bridgehead atoms. The van der Waals surface area contributed by atoms with Crippen molar-refractivity contribution >= 4 is 22.8 Å². The monoisotopic (exact) mass is 314 g/mol. The number of hydrogen-bond donors (Lipinski definition) is 2. The van der Waals surface area contributed by atoms with Crippen LogP contribution in [0, 0.1) is 11.8 Å². The zero-order valence-electron chi connectivity index (χ0n) is 13.3. The van der Waals surface area contributed by atoms with Crippen LogP contribution in [0.1, 0.15) is 25.3 Å². The first-order chi connectivity index (χ1) is 11.1. The number of nitrogens with one attached hydrogen (secondary N) is 1. The van der Waals surface area contributed by atoms with Gasteiger partial charge in [0.05, 0.1) is 5.92 Å². The number of aliphatic carboxylic acids is 1. The van der Waals surface area contributed by atoms with E-state index >= 15 is 0 Å². The third kappa shape index (κ3) is 3.23. The number of piperidine rings is 1. The SMILES string of the molecule is CC1CN(C(=O)CCc2c[nH]c3ccccc23)CCC1C(=O)O. The Hall–Kier alpha value is -2.30. The summed E-state index contributed by atoms with van der Waals surface area (Å²) in [5.41, 5.74) is 2.24. The van der Waals surface area contributed by atoms with Crippen LogP contribution in [0.25, 0.3) is 10.9 Å². The molecule has 0 aliphatic carbocycles. The van der Waals surface area contributed by atoms with Gasteiger partial charge in [0.1, 0.15) is 0 Å². The summed E-state index contributed by atoms with van der Waals surface area (Å²) in [7, 11) is 0. The number of likely N-dealkylation sites (tertiary alicyclic amines) is 1. The Balaban J connectivity index is 1.59. The Labute approximate surface area is 135 Å². The van der Waals surface area contributed by atoms with Crippen molar-refractivity contribution in [2.45, 2.75) is 26.2 Å². The standard InChI is InChI=1S/C18H22N2O3/c1-12-11-20(9-8-14(12)18(22)23)17(21)7-6-13-10-19-16-5-3-2-4-15(13)16/h2-5,10,12,14,19H,6-9,11H2,1H3,(H,22,23). The fourth-order valence-electron chi connectivity index (χ4n) is 3.48. The minimum absolute atomic E-state index is 0.0123. The first kappa shape index (κ1) is 15.6. The van der Waals surface area contributed by atoms with E-state index in [2.05, 4.69) is 11.1 Å². The van der Waals surface area contributed by atoms with E-state index in [1.54, 1.807) is 0 Å². The van der Waals surface area contributed by atoms with Crippen LogP contribution < -0.4 is 0 Å². The minimum atomic E-state index is -0.747. The maximum atomic E-state index is 12.4. The summed E-state index contributed by atoms with van der Waals surface area (Å²) in [4.78, 5) is 28.6. The summed E-state index contributed by atoms with van der Waals surface area (Å²) in [5.74, 6) is -0.944. The zero-order valence-corrected chi connectivity index (χ0v) is 13.3. The number of hydrogen-bond acceptors (Lipinski definition) is 2. The van der Waals surface area contributed by atoms with Gasteiger partial charge >= 0.3 is 5.97 Å². The number of H-pyrrole nitrogens is 1. The molecule has 2 aromatic rings. The number of carboxylic acid groups (broad SMARTS) is 1. The summed E-state index contributed by atoms with van der Waals surface area (Å²) >= 11 is 0. The number of carboxylic acids is 1. The van der Waals surface area contributed by atoms with Gasteiger partial charge in [-0.3, -0.25) is 9.59 Å². The molecule has 23 heavy (non-hydrogen) atoms. The van der Waals surface area contributed by atoms with E-state index in [9.17, 15) is 9.59 Å². The second kappa shape index (κ2) is 6.44. The quantitative estimate of drug-likeness (QED) is 0.911. The number of para-hydroxylation sites is 1. The lowest BCUT2D eigenvalue weighted by Crippen LogP contribution is -2.45. The van der Waals surface area contributed by atoms with Gasteiger partial charge in [0.25, 0.3) is 0 Å². The molecule has 1 aliphatic heterocycles. The topological polar surface area (TPSA) is 73.4 Å². The molecule has 0 saturated carbocycles. The first-order valence-corrected chi connectivity index (χ1v) is 8.12. The summed E-state index contributed by atoms with van der Waals surface area (Å²) in [6.07, 6.45) is 3.69. The van der Waals surface area contributed by atoms with Gasteiger partial charge in [-0.15, -0.1) is 0 Å². The van der Waals surface area contributed by atoms with E-state index in [4.69, 9.17) is 5.11 Å². The molecule has 5 heteroatoms. The van der Waals surface area contributed by atoms with E-state index in [0.717, 1.165) is 11.1 Å². The number of benzene rings is 1. The van der Waals surface area contributed by atoms with Gasteiger partial charge in [-0.05, 0) is 30.4 Å². The summed E-state index contributed by atoms with van der Waals surface area (Å²) < 4.78 is 0. The molecule has 1 aromatic carbocycles. The van der Waals surface area contributed by atoms with Gasteiger partial charge in [-0.2, -0.15) is 0 Å². The molecule has 2 heterocycles. The van der Waals surface area contributed by atoms with Crippen LogP contribution >= 0.6 is 0 Å². The Kier molecular flexibility index (Phi) is 4.37. The van der Waals surface area contributed by atoms with Crippen LogP contribution in [-0.4, -0.2) is 40.0 Å². The molecule has 1 aromatic heterocycles. The highest BCUT2D eigenvalue weighted by molar-refractivity contribution is 5.84. The average Bonchev–Trinajstić information content (AvgIpc) is 2.95. The number of aryl methyl sites for hydroxylation is 1. The van der Waals surface area contributed by atoms with E-state index < -0.39 is 5.97 Å². The predicted molar refractivity (Wildman–Crippen MR) is 88.1 cm³/mol. The van der Waals surface area contributed by atoms with Gasteiger partial charge < -0.3 is 15.0 Å². The van der Waals surface area contributed by atoms with Gasteiger partial charge in [-0.1, -0.05) is 25.1 Å². The number of nitrogens with zero attached hydrogens (tertiary/aromatic N) is 1. The van der Waals surface area contributed by atoms with Crippen molar-refractivity contribution < 1.29 is 14.7 Å². The molecule has 1 saturated heterocycles. The molecular formula is C18H22N2O3. The van der Waals surface area contributed by atoms with E-state index in [1.165, 1.54) is 5.39 Å². The van der Waals surface area contributed by atoms with Gasteiger partial charge in [-0.25, -0.2) is 0 Å². The maximum absolute atomic E-state index is 12.4. The molecule has 0 radical (unpaired) electrons. The summed E-state index contributed by atoms with van der Waals surface area (Å²) in [5, 5.41) is 10.3. The Morgan fingerprint density at radius 1 is 1.35 bits per heavy atom. The van der Waals surface area contributed by atoms with Crippen molar-refractivity contribution in [3.63, 3.8) is 0 Å². The minimum Gasteiger partial charge on any atom is -0.481 e. The molecule has 1 fully saturated rings. The molecule has 3 rings (SSSR count). The zero-order chi connectivity index (χ0) is 16.4. The van der Waals surface area contributed by atoms with Crippen LogP contribution in [0.2, 0.25) is 0 Å². The predicted octanol–water partition coefficient (Wildman–Crippen LogP) is 2.67.